The Morgan fingerprint density at radius 2 is 1.89 bits per heavy atom. The lowest BCUT2D eigenvalue weighted by Crippen LogP contribution is -2.37. The number of nitrogens with zero attached hydrogens (tertiary/aromatic N) is 1. The molecule has 0 fully saturated rings. The molecule has 1 aromatic heterocycles. The molecular formula is C17H17F3N4O3S. The Morgan fingerprint density at radius 3 is 2.54 bits per heavy atom. The van der Waals surface area contributed by atoms with Gasteiger partial charge in [-0.1, -0.05) is 11.8 Å². The number of rotatable bonds is 6. The van der Waals surface area contributed by atoms with Crippen molar-refractivity contribution in [3.8, 4) is 0 Å². The molecule has 1 atom stereocenters. The van der Waals surface area contributed by atoms with E-state index in [0.29, 0.717) is 17.3 Å². The summed E-state index contributed by atoms with van der Waals surface area (Å²) in [5.74, 6) is -5.98. The molecule has 0 unspecified atom stereocenters. The second-order valence-corrected chi connectivity index (χ2v) is 7.16. The Labute approximate surface area is 162 Å². The summed E-state index contributed by atoms with van der Waals surface area (Å²) in [7, 11) is 0. The van der Waals surface area contributed by atoms with Crippen LogP contribution in [0.25, 0.3) is 0 Å². The van der Waals surface area contributed by atoms with Crippen LogP contribution in [0.4, 0.5) is 18.9 Å². The van der Waals surface area contributed by atoms with Gasteiger partial charge in [-0.3, -0.25) is 14.4 Å². The number of aromatic nitrogens is 2. The van der Waals surface area contributed by atoms with Crippen molar-refractivity contribution in [3.05, 3.63) is 51.2 Å². The van der Waals surface area contributed by atoms with E-state index in [1.807, 2.05) is 5.32 Å². The molecule has 2 amide bonds. The van der Waals surface area contributed by atoms with Gasteiger partial charge in [0.25, 0.3) is 5.56 Å². The zero-order valence-electron chi connectivity index (χ0n) is 15.2. The second kappa shape index (κ2) is 8.91. The first-order valence-electron chi connectivity index (χ1n) is 8.05. The molecule has 1 heterocycles. The Balaban J connectivity index is 1.91. The molecule has 0 aliphatic carbocycles. The van der Waals surface area contributed by atoms with Gasteiger partial charge >= 0.3 is 0 Å². The minimum atomic E-state index is -1.71. The van der Waals surface area contributed by atoms with Gasteiger partial charge in [0.05, 0.1) is 17.5 Å². The van der Waals surface area contributed by atoms with Crippen molar-refractivity contribution in [1.29, 1.82) is 0 Å². The van der Waals surface area contributed by atoms with Gasteiger partial charge in [0.1, 0.15) is 0 Å². The third kappa shape index (κ3) is 5.12. The summed E-state index contributed by atoms with van der Waals surface area (Å²) in [5.41, 5.74) is 0.155. The lowest BCUT2D eigenvalue weighted by molar-refractivity contribution is -0.123. The van der Waals surface area contributed by atoms with Crippen molar-refractivity contribution in [2.45, 2.75) is 31.2 Å². The maximum atomic E-state index is 13.5. The smallest absolute Gasteiger partial charge is 0.254 e. The zero-order valence-corrected chi connectivity index (χ0v) is 16.0. The molecule has 150 valence electrons. The van der Waals surface area contributed by atoms with Crippen LogP contribution in [-0.2, 0) is 9.59 Å². The number of hydrogen-bond donors (Lipinski definition) is 3. The van der Waals surface area contributed by atoms with Crippen LogP contribution in [-0.4, -0.2) is 33.6 Å². The van der Waals surface area contributed by atoms with E-state index in [9.17, 15) is 27.6 Å². The van der Waals surface area contributed by atoms with E-state index in [1.165, 1.54) is 0 Å². The Kier molecular flexibility index (Phi) is 6.84. The quantitative estimate of drug-likeness (QED) is 0.381. The van der Waals surface area contributed by atoms with Crippen molar-refractivity contribution >= 4 is 29.3 Å². The molecule has 0 radical (unpaired) electrons. The highest BCUT2D eigenvalue weighted by atomic mass is 32.2. The highest BCUT2D eigenvalue weighted by molar-refractivity contribution is 8.00. The number of anilines is 1. The summed E-state index contributed by atoms with van der Waals surface area (Å²) < 4.78 is 39.6. The standard InChI is InChI=1S/C17H17F3N4O3S/c1-7-8(2)22-17(24-15(7)26)28-9(3)16(27)21-6-12(25)23-11-5-4-10(18)13(19)14(11)20/h4-5,9H,6H2,1-3H3,(H,21,27)(H,23,25)(H,22,24,26)/t9-/m1/s1. The number of aryl methyl sites for hydroxylation is 1. The molecule has 1 aromatic carbocycles. The van der Waals surface area contributed by atoms with Crippen LogP contribution in [0, 0.1) is 31.3 Å². The number of aromatic amines is 1. The van der Waals surface area contributed by atoms with Crippen molar-refractivity contribution in [2.75, 3.05) is 11.9 Å². The van der Waals surface area contributed by atoms with E-state index in [0.717, 1.165) is 17.8 Å². The number of thioether (sulfide) groups is 1. The summed E-state index contributed by atoms with van der Waals surface area (Å²) in [6.45, 7) is 4.32. The van der Waals surface area contributed by atoms with Crippen LogP contribution >= 0.6 is 11.8 Å². The SMILES string of the molecule is Cc1nc(S[C@H](C)C(=O)NCC(=O)Nc2ccc(F)c(F)c2F)[nH]c(=O)c1C. The monoisotopic (exact) mass is 414 g/mol. The van der Waals surface area contributed by atoms with E-state index < -0.39 is 46.7 Å². The molecule has 0 bridgehead atoms. The van der Waals surface area contributed by atoms with Crippen LogP contribution in [0.2, 0.25) is 0 Å². The van der Waals surface area contributed by atoms with Crippen molar-refractivity contribution in [3.63, 3.8) is 0 Å². The zero-order chi connectivity index (χ0) is 21.0. The summed E-state index contributed by atoms with van der Waals surface area (Å²) in [6.07, 6.45) is 0. The average molecular weight is 414 g/mol. The first-order valence-corrected chi connectivity index (χ1v) is 8.93. The molecule has 0 aliphatic heterocycles. The highest BCUT2D eigenvalue weighted by Gasteiger charge is 2.19. The number of halogens is 3. The number of amides is 2. The minimum Gasteiger partial charge on any atom is -0.346 e. The molecule has 0 spiro atoms. The lowest BCUT2D eigenvalue weighted by atomic mass is 10.2. The number of hydrogen-bond acceptors (Lipinski definition) is 5. The minimum absolute atomic E-state index is 0.254. The average Bonchev–Trinajstić information content (AvgIpc) is 2.64. The fraction of sp³-hybridized carbons (Fsp3) is 0.294. The van der Waals surface area contributed by atoms with Crippen molar-refractivity contribution in [2.24, 2.45) is 0 Å². The molecule has 2 aromatic rings. The largest absolute Gasteiger partial charge is 0.346 e. The fourth-order valence-corrected chi connectivity index (χ4v) is 2.89. The van der Waals surface area contributed by atoms with E-state index in [4.69, 9.17) is 0 Å². The number of nitrogens with one attached hydrogen (secondary N) is 3. The van der Waals surface area contributed by atoms with Crippen LogP contribution in [0.1, 0.15) is 18.2 Å². The molecule has 0 aliphatic rings. The van der Waals surface area contributed by atoms with E-state index >= 15 is 0 Å². The topological polar surface area (TPSA) is 104 Å². The highest BCUT2D eigenvalue weighted by Crippen LogP contribution is 2.20. The van der Waals surface area contributed by atoms with Crippen molar-refractivity contribution < 1.29 is 22.8 Å². The Hall–Kier alpha value is -2.82. The summed E-state index contributed by atoms with van der Waals surface area (Å²) in [5, 5.41) is 3.93. The summed E-state index contributed by atoms with van der Waals surface area (Å²) in [4.78, 5) is 42.3. The third-order valence-electron chi connectivity index (χ3n) is 3.76. The Morgan fingerprint density at radius 1 is 1.21 bits per heavy atom. The fourth-order valence-electron chi connectivity index (χ4n) is 2.02. The van der Waals surface area contributed by atoms with Gasteiger partial charge in [0.15, 0.2) is 22.6 Å². The van der Waals surface area contributed by atoms with Crippen LogP contribution in [0.5, 0.6) is 0 Å². The first kappa shape index (κ1) is 21.5. The molecule has 0 saturated heterocycles. The third-order valence-corrected chi connectivity index (χ3v) is 4.75. The normalized spacial score (nSPS) is 11.8. The van der Waals surface area contributed by atoms with Gasteiger partial charge in [-0.15, -0.1) is 0 Å². The van der Waals surface area contributed by atoms with Crippen molar-refractivity contribution in [1.82, 2.24) is 15.3 Å². The maximum Gasteiger partial charge on any atom is 0.254 e. The lowest BCUT2D eigenvalue weighted by Gasteiger charge is -2.12. The molecule has 0 saturated carbocycles. The predicted octanol–water partition coefficient (Wildman–Crippen LogP) is 2.04. The van der Waals surface area contributed by atoms with Gasteiger partial charge < -0.3 is 15.6 Å². The Bertz CT molecular complexity index is 981. The molecule has 3 N–H and O–H groups in total. The summed E-state index contributed by atoms with van der Waals surface area (Å²) >= 11 is 0.989. The molecule has 28 heavy (non-hydrogen) atoms. The number of benzene rings is 1. The van der Waals surface area contributed by atoms with E-state index in [2.05, 4.69) is 15.3 Å². The maximum absolute atomic E-state index is 13.5. The van der Waals surface area contributed by atoms with Gasteiger partial charge in [0, 0.05) is 11.3 Å². The first-order chi connectivity index (χ1) is 13.1. The van der Waals surface area contributed by atoms with Crippen LogP contribution in [0.15, 0.2) is 22.1 Å². The number of carbonyl (C=O) groups is 2. The molecular weight excluding hydrogens is 397 g/mol. The van der Waals surface area contributed by atoms with Gasteiger partial charge in [0.2, 0.25) is 11.8 Å². The van der Waals surface area contributed by atoms with E-state index in [1.54, 1.807) is 20.8 Å². The van der Waals surface area contributed by atoms with E-state index in [-0.39, 0.29) is 10.7 Å². The van der Waals surface area contributed by atoms with Gasteiger partial charge in [-0.05, 0) is 32.9 Å². The molecule has 2 rings (SSSR count). The van der Waals surface area contributed by atoms with Gasteiger partial charge in [-0.25, -0.2) is 18.2 Å². The van der Waals surface area contributed by atoms with Crippen LogP contribution in [0.3, 0.4) is 0 Å². The van der Waals surface area contributed by atoms with Gasteiger partial charge in [-0.2, -0.15) is 0 Å². The van der Waals surface area contributed by atoms with Crippen LogP contribution < -0.4 is 16.2 Å². The second-order valence-electron chi connectivity index (χ2n) is 5.83. The number of carbonyl (C=O) groups excluding carboxylic acids is 2. The summed E-state index contributed by atoms with van der Waals surface area (Å²) in [6, 6.07) is 1.54. The molecule has 11 heteroatoms. The number of H-pyrrole nitrogens is 1. The molecule has 7 nitrogen and oxygen atoms in total. The predicted molar refractivity (Wildman–Crippen MR) is 97.6 cm³/mol.